The first-order chi connectivity index (χ1) is 13.3. The molecule has 0 heterocycles. The van der Waals surface area contributed by atoms with Crippen LogP contribution in [0.2, 0.25) is 0 Å². The zero-order valence-electron chi connectivity index (χ0n) is 18.2. The molecule has 0 bridgehead atoms. The molecule has 0 N–H and O–H groups in total. The first kappa shape index (κ1) is 19.9. The highest BCUT2D eigenvalue weighted by molar-refractivity contribution is 6.01. The fraction of sp³-hybridized carbons (Fsp3) is 0.667. The van der Waals surface area contributed by atoms with Gasteiger partial charge in [0.15, 0.2) is 5.78 Å². The number of fused-ring (bicyclic) bond motifs is 5. The van der Waals surface area contributed by atoms with Crippen LogP contribution in [0.15, 0.2) is 48.6 Å². The third kappa shape index (κ3) is 2.92. The Morgan fingerprint density at radius 3 is 2.82 bits per heavy atom. The molecule has 0 spiro atoms. The predicted molar refractivity (Wildman–Crippen MR) is 118 cm³/mol. The van der Waals surface area contributed by atoms with E-state index in [1.54, 1.807) is 0 Å². The summed E-state index contributed by atoms with van der Waals surface area (Å²) in [5, 5.41) is 0. The summed E-state index contributed by atoms with van der Waals surface area (Å²) < 4.78 is 0. The second-order valence-electron chi connectivity index (χ2n) is 10.7. The Balaban J connectivity index is 1.59. The van der Waals surface area contributed by atoms with Crippen molar-refractivity contribution in [1.29, 1.82) is 0 Å². The van der Waals surface area contributed by atoms with Crippen molar-refractivity contribution < 1.29 is 4.79 Å². The lowest BCUT2D eigenvalue weighted by Crippen LogP contribution is -2.49. The van der Waals surface area contributed by atoms with Crippen molar-refractivity contribution in [3.8, 4) is 0 Å². The Hall–Kier alpha value is -1.37. The summed E-state index contributed by atoms with van der Waals surface area (Å²) in [5.41, 5.74) is 3.43. The van der Waals surface area contributed by atoms with Crippen LogP contribution in [0.4, 0.5) is 0 Å². The van der Waals surface area contributed by atoms with Crippen molar-refractivity contribution in [3.05, 3.63) is 48.6 Å². The number of hydrogen-bond donors (Lipinski definition) is 0. The standard InChI is InChI=1S/C27H38O/c1-6-7-8-9-18(2)25-19(3)16-24-22-11-10-20-17-21(28)12-14-26(20,4)23(22)13-15-27(24,25)5/h6,12,14,17,19,22-25H,1-2,7-11,13,15-16H2,3-5H3/t19-,22?,23?,24?,25+,26+,27+/m1/s1. The molecule has 0 radical (unpaired) electrons. The minimum Gasteiger partial charge on any atom is -0.290 e. The molecule has 0 amide bonds. The molecule has 3 saturated carbocycles. The van der Waals surface area contributed by atoms with Crippen LogP contribution in [0, 0.1) is 40.4 Å². The van der Waals surface area contributed by atoms with E-state index in [1.165, 1.54) is 43.3 Å². The van der Waals surface area contributed by atoms with E-state index >= 15 is 0 Å². The lowest BCUT2D eigenvalue weighted by Gasteiger charge is -2.57. The highest BCUT2D eigenvalue weighted by Gasteiger charge is 2.60. The molecule has 1 nitrogen and oxygen atoms in total. The Kier molecular flexibility index (Phi) is 5.09. The van der Waals surface area contributed by atoms with Gasteiger partial charge in [0.05, 0.1) is 0 Å². The maximum absolute atomic E-state index is 11.9. The second kappa shape index (κ2) is 7.15. The summed E-state index contributed by atoms with van der Waals surface area (Å²) in [6.07, 6.45) is 17.9. The van der Waals surface area contributed by atoms with Gasteiger partial charge in [0, 0.05) is 5.41 Å². The quantitative estimate of drug-likeness (QED) is 0.369. The predicted octanol–water partition coefficient (Wildman–Crippen LogP) is 7.07. The number of ketones is 1. The van der Waals surface area contributed by atoms with Gasteiger partial charge in [-0.05, 0) is 98.5 Å². The van der Waals surface area contributed by atoms with Crippen LogP contribution in [-0.4, -0.2) is 5.78 Å². The first-order valence-corrected chi connectivity index (χ1v) is 11.5. The van der Waals surface area contributed by atoms with Gasteiger partial charge in [0.2, 0.25) is 0 Å². The highest BCUT2D eigenvalue weighted by atomic mass is 16.1. The van der Waals surface area contributed by atoms with Crippen molar-refractivity contribution in [2.24, 2.45) is 40.4 Å². The Bertz CT molecular complexity index is 739. The lowest BCUT2D eigenvalue weighted by molar-refractivity contribution is -0.111. The van der Waals surface area contributed by atoms with Gasteiger partial charge in [0.1, 0.15) is 0 Å². The topological polar surface area (TPSA) is 17.1 Å². The number of carbonyl (C=O) groups excluding carboxylic acids is 1. The molecule has 0 aromatic heterocycles. The zero-order chi connectivity index (χ0) is 20.1. The van der Waals surface area contributed by atoms with E-state index in [1.807, 2.05) is 18.2 Å². The van der Waals surface area contributed by atoms with E-state index in [-0.39, 0.29) is 11.2 Å². The van der Waals surface area contributed by atoms with E-state index in [0.717, 1.165) is 37.0 Å². The van der Waals surface area contributed by atoms with Crippen molar-refractivity contribution in [2.45, 2.75) is 72.1 Å². The maximum Gasteiger partial charge on any atom is 0.178 e. The Morgan fingerprint density at radius 2 is 2.07 bits per heavy atom. The van der Waals surface area contributed by atoms with E-state index < -0.39 is 0 Å². The van der Waals surface area contributed by atoms with Gasteiger partial charge in [0.25, 0.3) is 0 Å². The number of hydrogen-bond acceptors (Lipinski definition) is 1. The van der Waals surface area contributed by atoms with Crippen molar-refractivity contribution in [1.82, 2.24) is 0 Å². The minimum atomic E-state index is 0.112. The van der Waals surface area contributed by atoms with Gasteiger partial charge >= 0.3 is 0 Å². The van der Waals surface area contributed by atoms with Crippen LogP contribution in [-0.2, 0) is 4.79 Å². The zero-order valence-corrected chi connectivity index (χ0v) is 18.2. The smallest absolute Gasteiger partial charge is 0.178 e. The molecular weight excluding hydrogens is 340 g/mol. The molecule has 0 saturated heterocycles. The number of unbranched alkanes of at least 4 members (excludes halogenated alkanes) is 1. The van der Waals surface area contributed by atoms with Crippen LogP contribution in [0.1, 0.15) is 72.1 Å². The Morgan fingerprint density at radius 1 is 1.29 bits per heavy atom. The molecule has 28 heavy (non-hydrogen) atoms. The highest BCUT2D eigenvalue weighted by Crippen LogP contribution is 2.68. The molecule has 0 aliphatic heterocycles. The van der Waals surface area contributed by atoms with Gasteiger partial charge in [-0.25, -0.2) is 0 Å². The fourth-order valence-electron chi connectivity index (χ4n) is 8.06. The van der Waals surface area contributed by atoms with Gasteiger partial charge < -0.3 is 0 Å². The van der Waals surface area contributed by atoms with Gasteiger partial charge in [-0.1, -0.05) is 50.6 Å². The van der Waals surface area contributed by atoms with Crippen molar-refractivity contribution >= 4 is 5.78 Å². The SMILES string of the molecule is C=CCCCC(=C)[C@H]1[C@H](C)CC2C3CCC4=CC(=O)C=C[C@]4(C)C3CC[C@@]21C. The van der Waals surface area contributed by atoms with Crippen molar-refractivity contribution in [2.75, 3.05) is 0 Å². The van der Waals surface area contributed by atoms with E-state index in [9.17, 15) is 4.79 Å². The largest absolute Gasteiger partial charge is 0.290 e. The van der Waals surface area contributed by atoms with Crippen LogP contribution < -0.4 is 0 Å². The average Bonchev–Trinajstić information content (AvgIpc) is 2.92. The molecule has 4 aliphatic rings. The third-order valence-corrected chi connectivity index (χ3v) is 9.25. The third-order valence-electron chi connectivity index (χ3n) is 9.25. The van der Waals surface area contributed by atoms with Crippen LogP contribution in [0.25, 0.3) is 0 Å². The molecule has 1 heteroatoms. The summed E-state index contributed by atoms with van der Waals surface area (Å²) in [5.74, 6) is 3.93. The molecular formula is C27H38O. The molecule has 0 aromatic carbocycles. The summed E-state index contributed by atoms with van der Waals surface area (Å²) in [4.78, 5) is 11.9. The average molecular weight is 379 g/mol. The van der Waals surface area contributed by atoms with Gasteiger partial charge in [-0.3, -0.25) is 4.79 Å². The summed E-state index contributed by atoms with van der Waals surface area (Å²) in [6, 6.07) is 0. The minimum absolute atomic E-state index is 0.112. The van der Waals surface area contributed by atoms with Crippen LogP contribution in [0.3, 0.4) is 0 Å². The second-order valence-corrected chi connectivity index (χ2v) is 10.7. The van der Waals surface area contributed by atoms with Crippen LogP contribution in [0.5, 0.6) is 0 Å². The summed E-state index contributed by atoms with van der Waals surface area (Å²) in [6.45, 7) is 16.0. The molecule has 3 fully saturated rings. The monoisotopic (exact) mass is 378 g/mol. The van der Waals surface area contributed by atoms with E-state index in [0.29, 0.717) is 17.3 Å². The fourth-order valence-corrected chi connectivity index (χ4v) is 8.06. The molecule has 4 aliphatic carbocycles. The summed E-state index contributed by atoms with van der Waals surface area (Å²) in [7, 11) is 0. The number of carbonyl (C=O) groups is 1. The maximum atomic E-state index is 11.9. The lowest BCUT2D eigenvalue weighted by atomic mass is 9.47. The van der Waals surface area contributed by atoms with Gasteiger partial charge in [-0.15, -0.1) is 6.58 Å². The Labute approximate surface area is 172 Å². The molecule has 0 aromatic rings. The van der Waals surface area contributed by atoms with Crippen LogP contribution >= 0.6 is 0 Å². The summed E-state index contributed by atoms with van der Waals surface area (Å²) >= 11 is 0. The number of allylic oxidation sites excluding steroid dienone is 6. The van der Waals surface area contributed by atoms with E-state index in [4.69, 9.17) is 0 Å². The first-order valence-electron chi connectivity index (χ1n) is 11.5. The van der Waals surface area contributed by atoms with E-state index in [2.05, 4.69) is 40.0 Å². The van der Waals surface area contributed by atoms with Gasteiger partial charge in [-0.2, -0.15) is 0 Å². The number of rotatable bonds is 5. The molecule has 3 unspecified atom stereocenters. The molecule has 152 valence electrons. The normalized spacial score (nSPS) is 44.3. The molecule has 7 atom stereocenters. The molecule has 4 rings (SSSR count). The van der Waals surface area contributed by atoms with Crippen molar-refractivity contribution in [3.63, 3.8) is 0 Å².